The van der Waals surface area contributed by atoms with Crippen molar-refractivity contribution in [2.24, 2.45) is 0 Å². The van der Waals surface area contributed by atoms with Gasteiger partial charge >= 0.3 is 18.0 Å². The summed E-state index contributed by atoms with van der Waals surface area (Å²) in [6.07, 6.45) is 4.46. The lowest BCUT2D eigenvalue weighted by molar-refractivity contribution is -0.159. The van der Waals surface area contributed by atoms with Crippen LogP contribution in [0.4, 0.5) is 4.79 Å². The number of carbonyl (C=O) groups is 4. The average molecular weight is 528 g/mol. The van der Waals surface area contributed by atoms with Crippen LogP contribution in [0.5, 0.6) is 5.75 Å². The summed E-state index contributed by atoms with van der Waals surface area (Å²) in [4.78, 5) is 48.5. The number of thioether (sulfide) groups is 1. The van der Waals surface area contributed by atoms with Crippen LogP contribution in [0.2, 0.25) is 0 Å². The van der Waals surface area contributed by atoms with Gasteiger partial charge in [-0.05, 0) is 39.0 Å². The molecule has 0 saturated heterocycles. The second kappa shape index (κ2) is 11.2. The number of aromatic nitrogens is 2. The molecule has 0 radical (unpaired) electrons. The number of methoxy groups -OCH3 is 1. The summed E-state index contributed by atoms with van der Waals surface area (Å²) in [5.41, 5.74) is 1.74. The number of Topliss-reactive ketones (excluding diaryl/α,β-unsaturated/α-hetero) is 1. The van der Waals surface area contributed by atoms with Crippen LogP contribution in [-0.2, 0) is 14.3 Å². The average Bonchev–Trinajstić information content (AvgIpc) is 3.49. The fourth-order valence-electron chi connectivity index (χ4n) is 3.28. The van der Waals surface area contributed by atoms with E-state index in [1.807, 2.05) is 12.1 Å². The van der Waals surface area contributed by atoms with Crippen molar-refractivity contribution < 1.29 is 38.9 Å². The number of carbonyl (C=O) groups excluding carboxylic acids is 2. The summed E-state index contributed by atoms with van der Waals surface area (Å²) in [6, 6.07) is 9.09. The number of ether oxygens (including phenoxy) is 2. The first-order valence-corrected chi connectivity index (χ1v) is 11.8. The molecule has 4 rings (SSSR count). The lowest BCUT2D eigenvalue weighted by atomic mass is 10.1. The highest BCUT2D eigenvalue weighted by molar-refractivity contribution is 8.02. The zero-order valence-electron chi connectivity index (χ0n) is 20.4. The van der Waals surface area contributed by atoms with Gasteiger partial charge in [-0.25, -0.2) is 14.4 Å². The maximum Gasteiger partial charge on any atom is 0.419 e. The summed E-state index contributed by atoms with van der Waals surface area (Å²) >= 11 is 1.51. The molecule has 2 aromatic heterocycles. The number of allylic oxidation sites excluding steroid dienone is 1. The van der Waals surface area contributed by atoms with E-state index in [1.54, 1.807) is 63.9 Å². The third-order valence-electron chi connectivity index (χ3n) is 4.87. The lowest BCUT2D eigenvalue weighted by Crippen LogP contribution is -2.26. The largest absolute Gasteiger partial charge is 0.497 e. The number of nitrogens with one attached hydrogen (secondary N) is 1. The highest BCUT2D eigenvalue weighted by Crippen LogP contribution is 2.36. The molecule has 3 N–H and O–H groups in total. The first-order valence-electron chi connectivity index (χ1n) is 10.9. The van der Waals surface area contributed by atoms with E-state index in [0.717, 1.165) is 5.56 Å². The van der Waals surface area contributed by atoms with Crippen molar-refractivity contribution in [3.63, 3.8) is 0 Å². The maximum absolute atomic E-state index is 13.4. The van der Waals surface area contributed by atoms with Crippen molar-refractivity contribution in [3.8, 4) is 5.75 Å². The van der Waals surface area contributed by atoms with Crippen LogP contribution in [-0.4, -0.2) is 56.3 Å². The Hall–Kier alpha value is -4.32. The Kier molecular flexibility index (Phi) is 8.23. The minimum absolute atomic E-state index is 0.0908. The van der Waals surface area contributed by atoms with E-state index in [9.17, 15) is 9.59 Å². The molecule has 0 amide bonds. The van der Waals surface area contributed by atoms with E-state index in [0.29, 0.717) is 27.9 Å². The number of ketones is 1. The number of carboxylic acids is 2. The molecule has 1 aromatic carbocycles. The van der Waals surface area contributed by atoms with Crippen LogP contribution < -0.4 is 10.1 Å². The molecule has 0 fully saturated rings. The Morgan fingerprint density at radius 2 is 1.81 bits per heavy atom. The highest BCUT2D eigenvalue weighted by Gasteiger charge is 2.28. The molecule has 11 nitrogen and oxygen atoms in total. The number of carboxylic acid groups (broad SMARTS) is 2. The second-order valence-electron chi connectivity index (χ2n) is 8.69. The molecule has 37 heavy (non-hydrogen) atoms. The number of hydrogen-bond donors (Lipinski definition) is 3. The van der Waals surface area contributed by atoms with E-state index in [-0.39, 0.29) is 11.2 Å². The van der Waals surface area contributed by atoms with Crippen molar-refractivity contribution >= 4 is 46.5 Å². The van der Waals surface area contributed by atoms with Crippen molar-refractivity contribution in [1.82, 2.24) is 14.9 Å². The Bertz CT molecular complexity index is 1360. The van der Waals surface area contributed by atoms with Gasteiger partial charge in [0.1, 0.15) is 16.7 Å². The summed E-state index contributed by atoms with van der Waals surface area (Å²) < 4.78 is 12.2. The second-order valence-corrected chi connectivity index (χ2v) is 9.67. The minimum Gasteiger partial charge on any atom is -0.497 e. The van der Waals surface area contributed by atoms with Gasteiger partial charge in [0.05, 0.1) is 23.9 Å². The van der Waals surface area contributed by atoms with E-state index in [1.165, 1.54) is 22.5 Å². The van der Waals surface area contributed by atoms with E-state index < -0.39 is 23.6 Å². The van der Waals surface area contributed by atoms with Gasteiger partial charge in [0.25, 0.3) is 0 Å². The first-order chi connectivity index (χ1) is 17.4. The SMILES string of the molecule is COc1ccc2c(C(=O)C3=CSC(c4cccnc4)N3)cn(C(=O)OC(C)(C)C)c2c1.O=C(O)C(=O)O. The number of hydrogen-bond acceptors (Lipinski definition) is 9. The molecule has 0 saturated carbocycles. The van der Waals surface area contributed by atoms with Gasteiger partial charge in [0.2, 0.25) is 5.78 Å². The molecular weight excluding hydrogens is 502 g/mol. The molecule has 3 aromatic rings. The van der Waals surface area contributed by atoms with Crippen molar-refractivity contribution in [1.29, 1.82) is 0 Å². The van der Waals surface area contributed by atoms with Crippen LogP contribution in [0.15, 0.2) is 60.0 Å². The van der Waals surface area contributed by atoms with Gasteiger partial charge in [-0.1, -0.05) is 6.07 Å². The van der Waals surface area contributed by atoms with Crippen molar-refractivity contribution in [2.45, 2.75) is 31.7 Å². The molecule has 1 atom stereocenters. The lowest BCUT2D eigenvalue weighted by Gasteiger charge is -2.19. The quantitative estimate of drug-likeness (QED) is 0.332. The molecule has 12 heteroatoms. The van der Waals surface area contributed by atoms with Crippen LogP contribution in [0, 0.1) is 0 Å². The smallest absolute Gasteiger partial charge is 0.419 e. The van der Waals surface area contributed by atoms with E-state index in [2.05, 4.69) is 10.3 Å². The number of fused-ring (bicyclic) bond motifs is 1. The Morgan fingerprint density at radius 1 is 1.11 bits per heavy atom. The van der Waals surface area contributed by atoms with Crippen LogP contribution in [0.3, 0.4) is 0 Å². The van der Waals surface area contributed by atoms with Gasteiger partial charge < -0.3 is 25.0 Å². The standard InChI is InChI=1S/C23H23N3O4S.C2H2O4/c1-23(2,3)30-22(28)26-12-17(16-8-7-15(29-4)10-19(16)26)20(27)18-13-31-21(25-18)14-6-5-9-24-11-14;3-1(4)2(5)6/h5-13,21,25H,1-4H3;(H,3,4)(H,5,6). The number of aliphatic carboxylic acids is 2. The molecule has 1 unspecified atom stereocenters. The molecule has 0 bridgehead atoms. The molecular formula is C25H25N3O8S. The fraction of sp³-hybridized carbons (Fsp3) is 0.240. The first kappa shape index (κ1) is 27.3. The van der Waals surface area contributed by atoms with Gasteiger partial charge in [-0.2, -0.15) is 0 Å². The summed E-state index contributed by atoms with van der Waals surface area (Å²) in [6.45, 7) is 5.39. The van der Waals surface area contributed by atoms with E-state index >= 15 is 0 Å². The minimum atomic E-state index is -1.82. The molecule has 1 aliphatic heterocycles. The number of benzene rings is 1. The maximum atomic E-state index is 13.4. The summed E-state index contributed by atoms with van der Waals surface area (Å²) in [7, 11) is 1.55. The van der Waals surface area contributed by atoms with Gasteiger partial charge in [-0.3, -0.25) is 14.3 Å². The van der Waals surface area contributed by atoms with Crippen molar-refractivity contribution in [3.05, 3.63) is 71.2 Å². The Balaban J connectivity index is 0.000000568. The molecule has 194 valence electrons. The third kappa shape index (κ3) is 6.67. The molecule has 0 spiro atoms. The topological polar surface area (TPSA) is 157 Å². The number of pyridine rings is 1. The van der Waals surface area contributed by atoms with Crippen LogP contribution >= 0.6 is 11.8 Å². The Labute approximate surface area is 216 Å². The molecule has 1 aliphatic rings. The zero-order chi connectivity index (χ0) is 27.3. The Morgan fingerprint density at radius 3 is 2.38 bits per heavy atom. The number of rotatable bonds is 4. The predicted octanol–water partition coefficient (Wildman–Crippen LogP) is 4.04. The molecule has 3 heterocycles. The molecule has 0 aliphatic carbocycles. The van der Waals surface area contributed by atoms with Gasteiger partial charge in [0, 0.05) is 41.0 Å². The normalized spacial score (nSPS) is 14.6. The van der Waals surface area contributed by atoms with Crippen molar-refractivity contribution in [2.75, 3.05) is 7.11 Å². The van der Waals surface area contributed by atoms with Gasteiger partial charge in [-0.15, -0.1) is 11.8 Å². The predicted molar refractivity (Wildman–Crippen MR) is 136 cm³/mol. The van der Waals surface area contributed by atoms with Crippen LogP contribution in [0.1, 0.15) is 42.1 Å². The highest BCUT2D eigenvalue weighted by atomic mass is 32.2. The number of nitrogens with zero attached hydrogens (tertiary/aromatic N) is 2. The van der Waals surface area contributed by atoms with E-state index in [4.69, 9.17) is 29.3 Å². The summed E-state index contributed by atoms with van der Waals surface area (Å²) in [5.74, 6) is -3.26. The zero-order valence-corrected chi connectivity index (χ0v) is 21.2. The van der Waals surface area contributed by atoms with Gasteiger partial charge in [0.15, 0.2) is 0 Å². The fourth-order valence-corrected chi connectivity index (χ4v) is 4.22. The third-order valence-corrected chi connectivity index (χ3v) is 5.90. The monoisotopic (exact) mass is 527 g/mol. The summed E-state index contributed by atoms with van der Waals surface area (Å²) in [5, 5.41) is 20.4. The van der Waals surface area contributed by atoms with Crippen LogP contribution in [0.25, 0.3) is 10.9 Å².